The average Bonchev–Trinajstić information content (AvgIpc) is 2.41. The van der Waals surface area contributed by atoms with Crippen LogP contribution in [0.3, 0.4) is 0 Å². The van der Waals surface area contributed by atoms with Crippen molar-refractivity contribution in [2.24, 2.45) is 0 Å². The number of hydrogen-bond acceptors (Lipinski definition) is 3. The molecule has 0 radical (unpaired) electrons. The van der Waals surface area contributed by atoms with Crippen LogP contribution in [0, 0.1) is 6.92 Å². The lowest BCUT2D eigenvalue weighted by atomic mass is 10.1. The van der Waals surface area contributed by atoms with Crippen molar-refractivity contribution in [1.82, 2.24) is 4.98 Å². The molecule has 0 amide bonds. The molecular formula is C16H19Cl2N3. The Bertz CT molecular complexity index is 629. The van der Waals surface area contributed by atoms with Crippen LogP contribution >= 0.6 is 23.2 Å². The Kier molecular flexibility index (Phi) is 5.32. The lowest BCUT2D eigenvalue weighted by Gasteiger charge is -2.21. The Morgan fingerprint density at radius 3 is 2.62 bits per heavy atom. The molecule has 0 atom stereocenters. The minimum Gasteiger partial charge on any atom is -0.369 e. The number of aromatic nitrogens is 1. The summed E-state index contributed by atoms with van der Waals surface area (Å²) in [5, 5.41) is 4.23. The predicted molar refractivity (Wildman–Crippen MR) is 91.7 cm³/mol. The highest BCUT2D eigenvalue weighted by molar-refractivity contribution is 6.37. The summed E-state index contributed by atoms with van der Waals surface area (Å²) in [6, 6.07) is 10.1. The van der Waals surface area contributed by atoms with E-state index in [4.69, 9.17) is 23.2 Å². The van der Waals surface area contributed by atoms with Crippen LogP contribution in [0.15, 0.2) is 30.3 Å². The van der Waals surface area contributed by atoms with Gasteiger partial charge in [-0.3, -0.25) is 0 Å². The van der Waals surface area contributed by atoms with Gasteiger partial charge in [0.05, 0.1) is 10.0 Å². The van der Waals surface area contributed by atoms with Gasteiger partial charge in [-0.15, -0.1) is 0 Å². The molecule has 0 unspecified atom stereocenters. The zero-order valence-corrected chi connectivity index (χ0v) is 14.0. The Morgan fingerprint density at radius 1 is 1.19 bits per heavy atom. The minimum absolute atomic E-state index is 0.537. The van der Waals surface area contributed by atoms with Crippen LogP contribution in [-0.2, 0) is 6.54 Å². The zero-order chi connectivity index (χ0) is 15.4. The molecular weight excluding hydrogens is 305 g/mol. The molecule has 0 bridgehead atoms. The summed E-state index contributed by atoms with van der Waals surface area (Å²) in [5.74, 6) is 1.38. The maximum absolute atomic E-state index is 6.28. The molecule has 0 aliphatic carbocycles. The molecule has 2 rings (SSSR count). The molecule has 5 heteroatoms. The third-order valence-corrected chi connectivity index (χ3v) is 3.69. The first kappa shape index (κ1) is 15.9. The monoisotopic (exact) mass is 323 g/mol. The number of anilines is 2. The number of halogens is 2. The van der Waals surface area contributed by atoms with Crippen LogP contribution in [0.25, 0.3) is 0 Å². The fourth-order valence-corrected chi connectivity index (χ4v) is 2.74. The van der Waals surface area contributed by atoms with Gasteiger partial charge < -0.3 is 10.2 Å². The van der Waals surface area contributed by atoms with Crippen molar-refractivity contribution in [1.29, 1.82) is 0 Å². The number of hydrogen-bond donors (Lipinski definition) is 1. The molecule has 3 nitrogen and oxygen atoms in total. The van der Waals surface area contributed by atoms with Crippen molar-refractivity contribution in [3.05, 3.63) is 51.5 Å². The summed E-state index contributed by atoms with van der Waals surface area (Å²) in [5.41, 5.74) is 2.46. The summed E-state index contributed by atoms with van der Waals surface area (Å²) in [6.07, 6.45) is 0. The highest BCUT2D eigenvalue weighted by Crippen LogP contribution is 2.31. The van der Waals surface area contributed by atoms with Crippen molar-refractivity contribution in [2.75, 3.05) is 23.8 Å². The maximum Gasteiger partial charge on any atom is 0.149 e. The smallest absolute Gasteiger partial charge is 0.149 e. The molecule has 1 aromatic heterocycles. The topological polar surface area (TPSA) is 28.2 Å². The normalized spacial score (nSPS) is 10.5. The van der Waals surface area contributed by atoms with Gasteiger partial charge in [0.25, 0.3) is 0 Å². The molecule has 0 fully saturated rings. The van der Waals surface area contributed by atoms with Gasteiger partial charge in [0.15, 0.2) is 0 Å². The van der Waals surface area contributed by atoms with Crippen LogP contribution in [0.2, 0.25) is 10.0 Å². The van der Waals surface area contributed by atoms with Crippen molar-refractivity contribution in [3.8, 4) is 0 Å². The SMILES string of the molecule is CCNc1nc(N(C)Cc2cccc(C)c2)c(Cl)cc1Cl. The van der Waals surface area contributed by atoms with Crippen LogP contribution in [0.1, 0.15) is 18.1 Å². The summed E-state index contributed by atoms with van der Waals surface area (Å²) in [6.45, 7) is 5.58. The Labute approximate surface area is 135 Å². The highest BCUT2D eigenvalue weighted by atomic mass is 35.5. The largest absolute Gasteiger partial charge is 0.369 e. The first-order valence-electron chi connectivity index (χ1n) is 6.88. The zero-order valence-electron chi connectivity index (χ0n) is 12.5. The standard InChI is InChI=1S/C16H19Cl2N3/c1-4-19-15-13(17)9-14(18)16(20-15)21(3)10-12-7-5-6-11(2)8-12/h5-9H,4,10H2,1-3H3,(H,19,20). The minimum atomic E-state index is 0.537. The van der Waals surface area contributed by atoms with Crippen molar-refractivity contribution < 1.29 is 0 Å². The van der Waals surface area contributed by atoms with E-state index in [0.717, 1.165) is 18.9 Å². The molecule has 21 heavy (non-hydrogen) atoms. The third-order valence-electron chi connectivity index (χ3n) is 3.12. The van der Waals surface area contributed by atoms with Gasteiger partial charge in [0, 0.05) is 20.1 Å². The lowest BCUT2D eigenvalue weighted by Crippen LogP contribution is -2.19. The van der Waals surface area contributed by atoms with Crippen molar-refractivity contribution >= 4 is 34.8 Å². The van der Waals surface area contributed by atoms with Crippen LogP contribution in [0.5, 0.6) is 0 Å². The predicted octanol–water partition coefficient (Wildman–Crippen LogP) is 4.77. The molecule has 0 saturated carbocycles. The van der Waals surface area contributed by atoms with E-state index < -0.39 is 0 Å². The van der Waals surface area contributed by atoms with E-state index in [1.807, 2.05) is 18.9 Å². The molecule has 1 N–H and O–H groups in total. The van der Waals surface area contributed by atoms with Crippen LogP contribution < -0.4 is 10.2 Å². The number of aryl methyl sites for hydroxylation is 1. The van der Waals surface area contributed by atoms with Gasteiger partial charge in [-0.25, -0.2) is 4.98 Å². The van der Waals surface area contributed by atoms with Gasteiger partial charge in [-0.05, 0) is 25.5 Å². The van der Waals surface area contributed by atoms with E-state index in [1.165, 1.54) is 11.1 Å². The van der Waals surface area contributed by atoms with Crippen molar-refractivity contribution in [2.45, 2.75) is 20.4 Å². The molecule has 0 saturated heterocycles. The third kappa shape index (κ3) is 4.02. The fourth-order valence-electron chi connectivity index (χ4n) is 2.18. The summed E-state index contributed by atoms with van der Waals surface area (Å²) < 4.78 is 0. The van der Waals surface area contributed by atoms with Gasteiger partial charge in [-0.2, -0.15) is 0 Å². The van der Waals surface area contributed by atoms with Crippen LogP contribution in [-0.4, -0.2) is 18.6 Å². The van der Waals surface area contributed by atoms with Crippen LogP contribution in [0.4, 0.5) is 11.6 Å². The van der Waals surface area contributed by atoms with Crippen molar-refractivity contribution in [3.63, 3.8) is 0 Å². The van der Waals surface area contributed by atoms with E-state index in [2.05, 4.69) is 41.5 Å². The van der Waals surface area contributed by atoms with Gasteiger partial charge >= 0.3 is 0 Å². The highest BCUT2D eigenvalue weighted by Gasteiger charge is 2.13. The summed E-state index contributed by atoms with van der Waals surface area (Å²) in [4.78, 5) is 6.55. The van der Waals surface area contributed by atoms with E-state index in [1.54, 1.807) is 6.07 Å². The number of benzene rings is 1. The number of nitrogens with zero attached hydrogens (tertiary/aromatic N) is 2. The first-order chi connectivity index (χ1) is 10.0. The quantitative estimate of drug-likeness (QED) is 0.859. The molecule has 1 aromatic carbocycles. The lowest BCUT2D eigenvalue weighted by molar-refractivity contribution is 0.896. The second kappa shape index (κ2) is 7.01. The number of pyridine rings is 1. The van der Waals surface area contributed by atoms with E-state index >= 15 is 0 Å². The maximum atomic E-state index is 6.28. The first-order valence-corrected chi connectivity index (χ1v) is 7.63. The Balaban J connectivity index is 2.26. The molecule has 1 heterocycles. The van der Waals surface area contributed by atoms with Gasteiger partial charge in [0.1, 0.15) is 11.6 Å². The van der Waals surface area contributed by atoms with Gasteiger partial charge in [0.2, 0.25) is 0 Å². The Morgan fingerprint density at radius 2 is 1.95 bits per heavy atom. The van der Waals surface area contributed by atoms with E-state index in [-0.39, 0.29) is 0 Å². The summed E-state index contributed by atoms with van der Waals surface area (Å²) >= 11 is 12.4. The molecule has 0 aliphatic rings. The molecule has 112 valence electrons. The average molecular weight is 324 g/mol. The van der Waals surface area contributed by atoms with E-state index in [0.29, 0.717) is 15.9 Å². The van der Waals surface area contributed by atoms with E-state index in [9.17, 15) is 0 Å². The number of rotatable bonds is 5. The molecule has 2 aromatic rings. The van der Waals surface area contributed by atoms with Gasteiger partial charge in [-0.1, -0.05) is 53.0 Å². The number of nitrogens with one attached hydrogen (secondary N) is 1. The second-order valence-corrected chi connectivity index (χ2v) is 5.81. The molecule has 0 spiro atoms. The Hall–Kier alpha value is -1.45. The fraction of sp³-hybridized carbons (Fsp3) is 0.312. The molecule has 0 aliphatic heterocycles. The summed E-state index contributed by atoms with van der Waals surface area (Å²) in [7, 11) is 1.97. The second-order valence-electron chi connectivity index (χ2n) is 5.00.